The number of carbonyl (C=O) groups is 2. The van der Waals surface area contributed by atoms with E-state index in [1.807, 2.05) is 0 Å². The molecule has 2 aliphatic rings. The summed E-state index contributed by atoms with van der Waals surface area (Å²) in [5.41, 5.74) is -0.581. The van der Waals surface area contributed by atoms with Crippen LogP contribution in [0.5, 0.6) is 0 Å². The highest BCUT2D eigenvalue weighted by Crippen LogP contribution is 2.51. The molecule has 1 saturated heterocycles. The fourth-order valence-corrected chi connectivity index (χ4v) is 3.12. The first kappa shape index (κ1) is 16.8. The second-order valence-electron chi connectivity index (χ2n) is 6.02. The highest BCUT2D eigenvalue weighted by molar-refractivity contribution is 5.84. The van der Waals surface area contributed by atoms with E-state index in [9.17, 15) is 22.8 Å². The Balaban J connectivity index is 1.72. The first-order valence-corrected chi connectivity index (χ1v) is 7.58. The predicted molar refractivity (Wildman–Crippen MR) is 76.2 cm³/mol. The maximum absolute atomic E-state index is 13.1. The maximum atomic E-state index is 13.1. The lowest BCUT2D eigenvalue weighted by atomic mass is 10.0. The van der Waals surface area contributed by atoms with Crippen molar-refractivity contribution >= 4 is 11.9 Å². The average molecular weight is 343 g/mol. The Bertz CT molecular complexity index is 661. The van der Waals surface area contributed by atoms with Gasteiger partial charge in [0.1, 0.15) is 0 Å². The molecule has 24 heavy (non-hydrogen) atoms. The molecule has 1 heterocycles. The Morgan fingerprint density at radius 3 is 2.62 bits per heavy atom. The number of halogens is 3. The lowest BCUT2D eigenvalue weighted by molar-refractivity contribution is -0.159. The monoisotopic (exact) mass is 343 g/mol. The highest BCUT2D eigenvalue weighted by atomic mass is 19.4. The van der Waals surface area contributed by atoms with Crippen LogP contribution in [-0.2, 0) is 20.5 Å². The number of hydrogen-bond donors (Lipinski definition) is 1. The van der Waals surface area contributed by atoms with E-state index in [0.29, 0.717) is 6.42 Å². The van der Waals surface area contributed by atoms with Gasteiger partial charge in [-0.05, 0) is 24.0 Å². The minimum atomic E-state index is -4.46. The van der Waals surface area contributed by atoms with E-state index in [0.717, 1.165) is 6.07 Å². The van der Waals surface area contributed by atoms with Crippen molar-refractivity contribution in [1.29, 1.82) is 0 Å². The van der Waals surface area contributed by atoms with Crippen molar-refractivity contribution in [3.63, 3.8) is 0 Å². The summed E-state index contributed by atoms with van der Waals surface area (Å²) in [6.07, 6.45) is -5.19. The number of carboxylic acid groups (broad SMARTS) is 1. The van der Waals surface area contributed by atoms with E-state index in [1.165, 1.54) is 23.1 Å². The molecule has 0 bridgehead atoms. The van der Waals surface area contributed by atoms with E-state index in [-0.39, 0.29) is 31.2 Å². The summed E-state index contributed by atoms with van der Waals surface area (Å²) in [4.78, 5) is 24.8. The molecule has 8 heteroatoms. The fraction of sp³-hybridized carbons (Fsp3) is 0.500. The van der Waals surface area contributed by atoms with Gasteiger partial charge in [0.15, 0.2) is 6.10 Å². The molecule has 0 spiro atoms. The number of aliphatic carboxylic acids is 1. The maximum Gasteiger partial charge on any atom is 0.416 e. The van der Waals surface area contributed by atoms with Crippen molar-refractivity contribution in [3.05, 3.63) is 35.4 Å². The average Bonchev–Trinajstić information content (AvgIpc) is 3.34. The van der Waals surface area contributed by atoms with Crippen LogP contribution in [-0.4, -0.2) is 47.7 Å². The number of benzene rings is 1. The SMILES string of the molecule is O=C(O)[C@@H]1CN(C(=O)[C@H]2C[C@@H]2c2ccccc2C(F)(F)F)CCO1. The number of hydrogen-bond acceptors (Lipinski definition) is 3. The second kappa shape index (κ2) is 6.08. The summed E-state index contributed by atoms with van der Waals surface area (Å²) in [6.45, 7) is 0.296. The van der Waals surface area contributed by atoms with E-state index in [1.54, 1.807) is 0 Å². The van der Waals surface area contributed by atoms with Crippen molar-refractivity contribution in [2.45, 2.75) is 24.6 Å². The van der Waals surface area contributed by atoms with Gasteiger partial charge >= 0.3 is 12.1 Å². The molecule has 0 unspecified atom stereocenters. The van der Waals surface area contributed by atoms with Gasteiger partial charge in [-0.3, -0.25) is 4.79 Å². The van der Waals surface area contributed by atoms with E-state index >= 15 is 0 Å². The molecule has 5 nitrogen and oxygen atoms in total. The minimum Gasteiger partial charge on any atom is -0.479 e. The Morgan fingerprint density at radius 1 is 1.25 bits per heavy atom. The fourth-order valence-electron chi connectivity index (χ4n) is 3.12. The van der Waals surface area contributed by atoms with Crippen LogP contribution in [0.2, 0.25) is 0 Å². The van der Waals surface area contributed by atoms with Crippen LogP contribution in [0.3, 0.4) is 0 Å². The molecule has 2 fully saturated rings. The minimum absolute atomic E-state index is 0.0711. The zero-order chi connectivity index (χ0) is 17.5. The molecule has 0 radical (unpaired) electrons. The third kappa shape index (κ3) is 3.24. The number of carbonyl (C=O) groups excluding carboxylic acids is 1. The van der Waals surface area contributed by atoms with Gasteiger partial charge in [-0.15, -0.1) is 0 Å². The second-order valence-corrected chi connectivity index (χ2v) is 6.02. The van der Waals surface area contributed by atoms with E-state index < -0.39 is 35.6 Å². The number of nitrogens with zero attached hydrogens (tertiary/aromatic N) is 1. The molecule has 1 N–H and O–H groups in total. The van der Waals surface area contributed by atoms with Gasteiger partial charge in [0.2, 0.25) is 5.91 Å². The molecule has 1 aliphatic heterocycles. The molecule has 1 aromatic rings. The number of rotatable bonds is 3. The largest absolute Gasteiger partial charge is 0.479 e. The third-order valence-corrected chi connectivity index (χ3v) is 4.43. The first-order chi connectivity index (χ1) is 11.3. The van der Waals surface area contributed by atoms with Gasteiger partial charge in [-0.1, -0.05) is 18.2 Å². The normalized spacial score (nSPS) is 27.0. The standard InChI is InChI=1S/C16H16F3NO4/c17-16(18,19)12-4-2-1-3-9(12)10-7-11(10)14(21)20-5-6-24-13(8-20)15(22)23/h1-4,10-11,13H,5-8H2,(H,22,23)/t10-,11+,13+/m1/s1. The summed E-state index contributed by atoms with van der Waals surface area (Å²) in [6, 6.07) is 5.27. The quantitative estimate of drug-likeness (QED) is 0.913. The lowest BCUT2D eigenvalue weighted by Gasteiger charge is -2.31. The predicted octanol–water partition coefficient (Wildman–Crippen LogP) is 2.12. The van der Waals surface area contributed by atoms with Gasteiger partial charge in [-0.25, -0.2) is 4.79 Å². The van der Waals surface area contributed by atoms with Crippen molar-refractivity contribution in [3.8, 4) is 0 Å². The Kier molecular flexibility index (Phi) is 4.25. The Hall–Kier alpha value is -2.09. The number of carboxylic acids is 1. The van der Waals surface area contributed by atoms with Crippen molar-refractivity contribution in [2.24, 2.45) is 5.92 Å². The number of ether oxygens (including phenoxy) is 1. The van der Waals surface area contributed by atoms with Gasteiger partial charge in [0.05, 0.1) is 18.7 Å². The van der Waals surface area contributed by atoms with E-state index in [2.05, 4.69) is 0 Å². The van der Waals surface area contributed by atoms with Gasteiger partial charge in [0.25, 0.3) is 0 Å². The molecule has 1 aromatic carbocycles. The first-order valence-electron chi connectivity index (χ1n) is 7.58. The molecule has 1 aliphatic carbocycles. The summed E-state index contributed by atoms with van der Waals surface area (Å²) < 4.78 is 44.3. The molecular formula is C16H16F3NO4. The number of morpholine rings is 1. The molecule has 3 atom stereocenters. The molecule has 1 saturated carbocycles. The zero-order valence-corrected chi connectivity index (χ0v) is 12.6. The van der Waals surface area contributed by atoms with Gasteiger partial charge in [0, 0.05) is 12.5 Å². The molecule has 0 aromatic heterocycles. The Labute approximate surface area is 136 Å². The Morgan fingerprint density at radius 2 is 1.96 bits per heavy atom. The van der Waals surface area contributed by atoms with Crippen molar-refractivity contribution in [1.82, 2.24) is 4.90 Å². The van der Waals surface area contributed by atoms with Crippen LogP contribution >= 0.6 is 0 Å². The van der Waals surface area contributed by atoms with Crippen LogP contribution in [0.15, 0.2) is 24.3 Å². The van der Waals surface area contributed by atoms with Gasteiger partial charge < -0.3 is 14.7 Å². The molecule has 1 amide bonds. The van der Waals surface area contributed by atoms with Crippen LogP contribution in [0.1, 0.15) is 23.5 Å². The van der Waals surface area contributed by atoms with Gasteiger partial charge in [-0.2, -0.15) is 13.2 Å². The summed E-state index contributed by atoms with van der Waals surface area (Å²) in [5.74, 6) is -2.45. The van der Waals surface area contributed by atoms with Crippen molar-refractivity contribution < 1.29 is 32.6 Å². The van der Waals surface area contributed by atoms with E-state index in [4.69, 9.17) is 9.84 Å². The molecule has 130 valence electrons. The summed E-state index contributed by atoms with van der Waals surface area (Å²) in [5, 5.41) is 8.96. The highest BCUT2D eigenvalue weighted by Gasteiger charge is 2.49. The third-order valence-electron chi connectivity index (χ3n) is 4.43. The smallest absolute Gasteiger partial charge is 0.416 e. The molecule has 3 rings (SSSR count). The number of alkyl halides is 3. The lowest BCUT2D eigenvalue weighted by Crippen LogP contribution is -2.49. The van der Waals surface area contributed by atoms with Crippen molar-refractivity contribution in [2.75, 3.05) is 19.7 Å². The van der Waals surface area contributed by atoms with Crippen LogP contribution in [0.25, 0.3) is 0 Å². The molecular weight excluding hydrogens is 327 g/mol. The summed E-state index contributed by atoms with van der Waals surface area (Å²) in [7, 11) is 0. The number of amides is 1. The zero-order valence-electron chi connectivity index (χ0n) is 12.6. The summed E-state index contributed by atoms with van der Waals surface area (Å²) >= 11 is 0. The van der Waals surface area contributed by atoms with Crippen LogP contribution in [0.4, 0.5) is 13.2 Å². The topological polar surface area (TPSA) is 66.8 Å². The van der Waals surface area contributed by atoms with Crippen LogP contribution in [0, 0.1) is 5.92 Å². The van der Waals surface area contributed by atoms with Crippen LogP contribution < -0.4 is 0 Å².